The summed E-state index contributed by atoms with van der Waals surface area (Å²) in [6.45, 7) is 3.62. The van der Waals surface area contributed by atoms with Crippen LogP contribution in [0.3, 0.4) is 0 Å². The summed E-state index contributed by atoms with van der Waals surface area (Å²) >= 11 is 0. The zero-order chi connectivity index (χ0) is 26.1. The van der Waals surface area contributed by atoms with E-state index in [2.05, 4.69) is 39.1 Å². The third-order valence-corrected chi connectivity index (χ3v) is 7.60. The molecule has 1 aliphatic rings. The number of imidazole rings is 1. The Bertz CT molecular complexity index is 1540. The second kappa shape index (κ2) is 10.2. The lowest BCUT2D eigenvalue weighted by atomic mass is 9.93. The molecule has 0 unspecified atom stereocenters. The second-order valence-corrected chi connectivity index (χ2v) is 10.1. The van der Waals surface area contributed by atoms with Crippen molar-refractivity contribution in [2.75, 3.05) is 13.1 Å². The number of para-hydroxylation sites is 1. The molecule has 4 nitrogen and oxygen atoms in total. The van der Waals surface area contributed by atoms with Gasteiger partial charge < -0.3 is 4.57 Å². The number of alkyl halides is 3. The van der Waals surface area contributed by atoms with Gasteiger partial charge in [0.2, 0.25) is 0 Å². The Kier molecular flexibility index (Phi) is 6.62. The Morgan fingerprint density at radius 2 is 1.45 bits per heavy atom. The molecule has 7 heteroatoms. The first-order valence-electron chi connectivity index (χ1n) is 13.2. The summed E-state index contributed by atoms with van der Waals surface area (Å²) in [5, 5.41) is 0.697. The zero-order valence-electron chi connectivity index (χ0n) is 21.0. The van der Waals surface area contributed by atoms with Crippen LogP contribution in [-0.2, 0) is 19.3 Å². The van der Waals surface area contributed by atoms with Gasteiger partial charge in [-0.05, 0) is 49.9 Å². The van der Waals surface area contributed by atoms with Crippen molar-refractivity contribution in [3.63, 3.8) is 0 Å². The molecule has 0 aliphatic carbocycles. The number of halogens is 3. The number of hydrogen-bond donors (Lipinski definition) is 0. The monoisotopic (exact) mass is 514 g/mol. The first-order valence-corrected chi connectivity index (χ1v) is 13.2. The number of piperidine rings is 1. The molecule has 1 saturated heterocycles. The quantitative estimate of drug-likeness (QED) is 0.234. The van der Waals surface area contributed by atoms with Crippen LogP contribution in [0.15, 0.2) is 84.9 Å². The van der Waals surface area contributed by atoms with Crippen LogP contribution in [0.2, 0.25) is 0 Å². The Hall–Kier alpha value is -3.71. The van der Waals surface area contributed by atoms with E-state index in [0.717, 1.165) is 44.5 Å². The number of likely N-dealkylation sites (tertiary alicyclic amines) is 1. The molecule has 0 amide bonds. The number of benzene rings is 3. The van der Waals surface area contributed by atoms with Crippen LogP contribution in [0.25, 0.3) is 33.3 Å². The first kappa shape index (κ1) is 24.6. The topological polar surface area (TPSA) is 34.0 Å². The van der Waals surface area contributed by atoms with Gasteiger partial charge in [-0.1, -0.05) is 78.9 Å². The minimum absolute atomic E-state index is 0.0762. The van der Waals surface area contributed by atoms with Gasteiger partial charge in [0.15, 0.2) is 5.69 Å². The number of aryl methyl sites for hydroxylation is 1. The predicted molar refractivity (Wildman–Crippen MR) is 145 cm³/mol. The van der Waals surface area contributed by atoms with Gasteiger partial charge in [0.25, 0.3) is 0 Å². The molecule has 6 rings (SSSR count). The summed E-state index contributed by atoms with van der Waals surface area (Å²) in [6.07, 6.45) is -1.55. The summed E-state index contributed by atoms with van der Waals surface area (Å²) in [5.41, 5.74) is 1.98. The summed E-state index contributed by atoms with van der Waals surface area (Å²) in [6, 6.07) is 27.1. The molecule has 5 aromatic rings. The lowest BCUT2D eigenvalue weighted by Gasteiger charge is -2.32. The average molecular weight is 515 g/mol. The van der Waals surface area contributed by atoms with Gasteiger partial charge in [-0.15, -0.1) is 0 Å². The van der Waals surface area contributed by atoms with Crippen molar-refractivity contribution in [1.82, 2.24) is 19.4 Å². The van der Waals surface area contributed by atoms with Gasteiger partial charge in [-0.2, -0.15) is 13.2 Å². The van der Waals surface area contributed by atoms with Gasteiger partial charge in [-0.3, -0.25) is 4.90 Å². The molecule has 2 aromatic heterocycles. The highest BCUT2D eigenvalue weighted by atomic mass is 19.4. The van der Waals surface area contributed by atoms with Crippen LogP contribution in [0.1, 0.15) is 30.5 Å². The summed E-state index contributed by atoms with van der Waals surface area (Å²) in [5.74, 6) is 1.07. The molecule has 0 bridgehead atoms. The van der Waals surface area contributed by atoms with Crippen LogP contribution in [-0.4, -0.2) is 32.5 Å². The Morgan fingerprint density at radius 3 is 2.16 bits per heavy atom. The maximum absolute atomic E-state index is 14.1. The molecule has 0 saturated carbocycles. The molecule has 3 aromatic carbocycles. The summed E-state index contributed by atoms with van der Waals surface area (Å²) in [7, 11) is 0. The van der Waals surface area contributed by atoms with E-state index in [9.17, 15) is 13.2 Å². The second-order valence-electron chi connectivity index (χ2n) is 10.1. The molecule has 1 fully saturated rings. The minimum Gasteiger partial charge on any atom is -0.323 e. The molecule has 1 aliphatic heterocycles. The van der Waals surface area contributed by atoms with E-state index in [0.29, 0.717) is 34.7 Å². The van der Waals surface area contributed by atoms with E-state index < -0.39 is 11.9 Å². The lowest BCUT2D eigenvalue weighted by Crippen LogP contribution is -2.33. The fourth-order valence-electron chi connectivity index (χ4n) is 5.65. The maximum Gasteiger partial charge on any atom is 0.435 e. The number of hydrogen-bond acceptors (Lipinski definition) is 3. The third kappa shape index (κ3) is 4.90. The maximum atomic E-state index is 14.1. The molecule has 3 heterocycles. The largest absolute Gasteiger partial charge is 0.435 e. The van der Waals surface area contributed by atoms with E-state index in [4.69, 9.17) is 0 Å². The smallest absolute Gasteiger partial charge is 0.323 e. The van der Waals surface area contributed by atoms with E-state index in [-0.39, 0.29) is 5.52 Å². The Balaban J connectivity index is 1.33. The van der Waals surface area contributed by atoms with Crippen LogP contribution in [0, 0.1) is 5.92 Å². The molecule has 0 N–H and O–H groups in total. The third-order valence-electron chi connectivity index (χ3n) is 7.60. The predicted octanol–water partition coefficient (Wildman–Crippen LogP) is 7.57. The fraction of sp³-hybridized carbons (Fsp3) is 0.290. The Labute approximate surface area is 219 Å². The van der Waals surface area contributed by atoms with Crippen molar-refractivity contribution in [3.8, 4) is 11.4 Å². The molecule has 0 radical (unpaired) electrons. The van der Waals surface area contributed by atoms with Crippen molar-refractivity contribution < 1.29 is 13.2 Å². The van der Waals surface area contributed by atoms with Crippen molar-refractivity contribution in [2.24, 2.45) is 5.92 Å². The molecular formula is C31H29F3N4. The van der Waals surface area contributed by atoms with Gasteiger partial charge in [0.05, 0.1) is 11.0 Å². The summed E-state index contributed by atoms with van der Waals surface area (Å²) < 4.78 is 44.4. The highest BCUT2D eigenvalue weighted by molar-refractivity contribution is 6.04. The van der Waals surface area contributed by atoms with Gasteiger partial charge in [-0.25, -0.2) is 9.97 Å². The van der Waals surface area contributed by atoms with Crippen LogP contribution < -0.4 is 0 Å². The van der Waals surface area contributed by atoms with E-state index in [1.54, 1.807) is 12.1 Å². The van der Waals surface area contributed by atoms with Gasteiger partial charge in [0, 0.05) is 24.0 Å². The highest BCUT2D eigenvalue weighted by Gasteiger charge is 2.37. The average Bonchev–Trinajstić information content (AvgIpc) is 3.32. The van der Waals surface area contributed by atoms with Gasteiger partial charge >= 0.3 is 6.18 Å². The standard InChI is InChI=1S/C31H29F3N4/c32-31(33,34)29-27-28(25-13-7-8-14-26(25)35-29)38(30(36-27)24-11-5-2-6-12-24)20-17-22-15-18-37(19-16-22)21-23-9-3-1-4-10-23/h1-14,22H,15-21H2. The van der Waals surface area contributed by atoms with Crippen LogP contribution in [0.5, 0.6) is 0 Å². The molecule has 0 spiro atoms. The van der Waals surface area contributed by atoms with E-state index in [1.165, 1.54) is 5.56 Å². The highest BCUT2D eigenvalue weighted by Crippen LogP contribution is 2.39. The number of fused-ring (bicyclic) bond motifs is 3. The van der Waals surface area contributed by atoms with Crippen molar-refractivity contribution in [1.29, 1.82) is 0 Å². The fourth-order valence-corrected chi connectivity index (χ4v) is 5.65. The molecule has 194 valence electrons. The zero-order valence-corrected chi connectivity index (χ0v) is 21.0. The van der Waals surface area contributed by atoms with Crippen LogP contribution >= 0.6 is 0 Å². The van der Waals surface area contributed by atoms with E-state index in [1.807, 2.05) is 53.1 Å². The summed E-state index contributed by atoms with van der Waals surface area (Å²) in [4.78, 5) is 11.1. The molecule has 0 atom stereocenters. The minimum atomic E-state index is -4.60. The lowest BCUT2D eigenvalue weighted by molar-refractivity contribution is -0.139. The molecular weight excluding hydrogens is 485 g/mol. The van der Waals surface area contributed by atoms with Crippen molar-refractivity contribution >= 4 is 21.9 Å². The first-order chi connectivity index (χ1) is 18.5. The van der Waals surface area contributed by atoms with Crippen molar-refractivity contribution in [2.45, 2.75) is 38.5 Å². The van der Waals surface area contributed by atoms with Gasteiger partial charge in [0.1, 0.15) is 11.3 Å². The van der Waals surface area contributed by atoms with E-state index >= 15 is 0 Å². The number of aromatic nitrogens is 3. The van der Waals surface area contributed by atoms with Crippen LogP contribution in [0.4, 0.5) is 13.2 Å². The number of pyridine rings is 1. The normalized spacial score (nSPS) is 15.4. The molecule has 38 heavy (non-hydrogen) atoms. The van der Waals surface area contributed by atoms with Crippen molar-refractivity contribution in [3.05, 3.63) is 96.2 Å². The SMILES string of the molecule is FC(F)(F)c1nc2ccccc2c2c1nc(-c1ccccc1)n2CCC1CCN(Cc2ccccc2)CC1. The number of nitrogens with zero attached hydrogens (tertiary/aromatic N) is 4. The Morgan fingerprint density at radius 1 is 0.789 bits per heavy atom. The number of rotatable bonds is 6.